The summed E-state index contributed by atoms with van der Waals surface area (Å²) in [5, 5.41) is 10.2. The van der Waals surface area contributed by atoms with Crippen LogP contribution in [0.25, 0.3) is 21.7 Å². The van der Waals surface area contributed by atoms with Crippen molar-refractivity contribution in [2.24, 2.45) is 5.10 Å². The van der Waals surface area contributed by atoms with Crippen LogP contribution in [0, 0.1) is 6.92 Å². The third kappa shape index (κ3) is 4.14. The molecule has 0 fully saturated rings. The lowest BCUT2D eigenvalue weighted by Gasteiger charge is -2.13. The summed E-state index contributed by atoms with van der Waals surface area (Å²) in [5.74, 6) is 0.356. The molecular formula is C30H24N4O3. The zero-order valence-electron chi connectivity index (χ0n) is 20.2. The largest absolute Gasteiger partial charge is 0.455 e. The van der Waals surface area contributed by atoms with E-state index in [1.807, 2.05) is 73.7 Å². The molecule has 37 heavy (non-hydrogen) atoms. The van der Waals surface area contributed by atoms with Gasteiger partial charge in [-0.15, -0.1) is 0 Å². The molecule has 3 aromatic carbocycles. The lowest BCUT2D eigenvalue weighted by Crippen LogP contribution is -2.22. The van der Waals surface area contributed by atoms with Gasteiger partial charge in [-0.1, -0.05) is 42.5 Å². The Morgan fingerprint density at radius 1 is 0.892 bits per heavy atom. The van der Waals surface area contributed by atoms with Gasteiger partial charge in [0.2, 0.25) is 0 Å². The number of aryl methyl sites for hydroxylation is 1. The molecule has 2 heterocycles. The monoisotopic (exact) mass is 488 g/mol. The lowest BCUT2D eigenvalue weighted by atomic mass is 9.93. The second-order valence-corrected chi connectivity index (χ2v) is 9.06. The van der Waals surface area contributed by atoms with Crippen molar-refractivity contribution in [1.29, 1.82) is 0 Å². The van der Waals surface area contributed by atoms with Gasteiger partial charge in [0.05, 0.1) is 16.9 Å². The van der Waals surface area contributed by atoms with Gasteiger partial charge in [-0.3, -0.25) is 14.6 Å². The minimum absolute atomic E-state index is 0.251. The molecule has 6 rings (SSSR count). The molecule has 2 N–H and O–H groups in total. The maximum atomic E-state index is 13.2. The zero-order valence-corrected chi connectivity index (χ0v) is 20.2. The molecule has 5 aromatic rings. The normalized spacial score (nSPS) is 14.0. The number of hydrazone groups is 1. The van der Waals surface area contributed by atoms with Crippen LogP contribution in [0.3, 0.4) is 0 Å². The molecule has 0 bridgehead atoms. The SMILES string of the molecule is Cc1c(C(=O)Nc2cccc3ncccc23)oc2c1/C(=N/NC(=O)c1cccc3ccccc13)CCC2. The third-order valence-electron chi connectivity index (χ3n) is 6.75. The Morgan fingerprint density at radius 3 is 2.62 bits per heavy atom. The van der Waals surface area contributed by atoms with E-state index in [1.54, 1.807) is 12.3 Å². The number of carbonyl (C=O) groups excluding carboxylic acids is 2. The number of pyridine rings is 1. The molecule has 2 amide bonds. The molecule has 1 aliphatic rings. The van der Waals surface area contributed by atoms with Gasteiger partial charge < -0.3 is 9.73 Å². The van der Waals surface area contributed by atoms with Gasteiger partial charge in [-0.2, -0.15) is 5.10 Å². The van der Waals surface area contributed by atoms with E-state index in [1.165, 1.54) is 0 Å². The van der Waals surface area contributed by atoms with Crippen LogP contribution in [0.2, 0.25) is 0 Å². The van der Waals surface area contributed by atoms with Crippen molar-refractivity contribution in [3.63, 3.8) is 0 Å². The summed E-state index contributed by atoms with van der Waals surface area (Å²) >= 11 is 0. The maximum Gasteiger partial charge on any atom is 0.291 e. The maximum absolute atomic E-state index is 13.2. The first-order valence-electron chi connectivity index (χ1n) is 12.2. The first kappa shape index (κ1) is 22.7. The number of furan rings is 1. The average Bonchev–Trinajstić information content (AvgIpc) is 3.28. The van der Waals surface area contributed by atoms with Gasteiger partial charge in [0.15, 0.2) is 5.76 Å². The van der Waals surface area contributed by atoms with Gasteiger partial charge in [-0.05, 0) is 60.9 Å². The predicted molar refractivity (Wildman–Crippen MR) is 144 cm³/mol. The van der Waals surface area contributed by atoms with Crippen LogP contribution in [0.4, 0.5) is 5.69 Å². The number of nitrogens with zero attached hydrogens (tertiary/aromatic N) is 2. The van der Waals surface area contributed by atoms with Crippen LogP contribution in [0.5, 0.6) is 0 Å². The van der Waals surface area contributed by atoms with Crippen molar-refractivity contribution in [3.05, 3.63) is 107 Å². The summed E-state index contributed by atoms with van der Waals surface area (Å²) in [7, 11) is 0. The number of hydrogen-bond donors (Lipinski definition) is 2. The summed E-state index contributed by atoms with van der Waals surface area (Å²) in [6.45, 7) is 1.86. The number of carbonyl (C=O) groups is 2. The van der Waals surface area contributed by atoms with Gasteiger partial charge in [0.1, 0.15) is 5.76 Å². The number of rotatable bonds is 4. The lowest BCUT2D eigenvalue weighted by molar-refractivity contribution is 0.0955. The second kappa shape index (κ2) is 9.35. The Kier molecular flexibility index (Phi) is 5.73. The fourth-order valence-corrected chi connectivity index (χ4v) is 4.99. The molecule has 1 aliphatic carbocycles. The fourth-order valence-electron chi connectivity index (χ4n) is 4.99. The molecule has 0 spiro atoms. The van der Waals surface area contributed by atoms with E-state index in [9.17, 15) is 9.59 Å². The number of aromatic nitrogens is 1. The summed E-state index contributed by atoms with van der Waals surface area (Å²) in [6.07, 6.45) is 3.93. The van der Waals surface area contributed by atoms with Crippen molar-refractivity contribution in [2.75, 3.05) is 5.32 Å². The smallest absolute Gasteiger partial charge is 0.291 e. The topological polar surface area (TPSA) is 96.6 Å². The van der Waals surface area contributed by atoms with Crippen molar-refractivity contribution in [3.8, 4) is 0 Å². The van der Waals surface area contributed by atoms with E-state index < -0.39 is 0 Å². The molecule has 182 valence electrons. The molecule has 7 nitrogen and oxygen atoms in total. The molecule has 0 saturated heterocycles. The van der Waals surface area contributed by atoms with Crippen LogP contribution < -0.4 is 10.7 Å². The predicted octanol–water partition coefficient (Wildman–Crippen LogP) is 6.01. The van der Waals surface area contributed by atoms with Crippen LogP contribution in [0.1, 0.15) is 50.6 Å². The first-order chi connectivity index (χ1) is 18.1. The van der Waals surface area contributed by atoms with Crippen LogP contribution in [0.15, 0.2) is 88.5 Å². The van der Waals surface area contributed by atoms with Gasteiger partial charge >= 0.3 is 0 Å². The Labute approximate surface area is 213 Å². The molecule has 7 heteroatoms. The van der Waals surface area contributed by atoms with E-state index >= 15 is 0 Å². The summed E-state index contributed by atoms with van der Waals surface area (Å²) in [4.78, 5) is 30.6. The highest BCUT2D eigenvalue weighted by molar-refractivity contribution is 6.12. The van der Waals surface area contributed by atoms with E-state index in [0.29, 0.717) is 41.1 Å². The third-order valence-corrected chi connectivity index (χ3v) is 6.75. The molecule has 0 radical (unpaired) electrons. The summed E-state index contributed by atoms with van der Waals surface area (Å²) < 4.78 is 6.04. The number of nitrogens with one attached hydrogen (secondary N) is 2. The minimum Gasteiger partial charge on any atom is -0.455 e. The standard InChI is InChI=1S/C30H24N4O3/c1-18-27-25(33-34-29(35)21-11-4-9-19-8-2-3-10-20(19)21)15-6-16-26(27)37-28(18)30(36)32-24-14-5-13-23-22(24)12-7-17-31-23/h2-5,7-14,17H,6,15-16H2,1H3,(H,32,36)(H,34,35)/b33-25+. The van der Waals surface area contributed by atoms with Crippen molar-refractivity contribution >= 4 is 44.9 Å². The van der Waals surface area contributed by atoms with Gasteiger partial charge in [-0.25, -0.2) is 5.43 Å². The Bertz CT molecular complexity index is 1710. The second-order valence-electron chi connectivity index (χ2n) is 9.06. The Balaban J connectivity index is 1.28. The van der Waals surface area contributed by atoms with Crippen LogP contribution >= 0.6 is 0 Å². The molecule has 2 aromatic heterocycles. The number of hydrogen-bond acceptors (Lipinski definition) is 5. The van der Waals surface area contributed by atoms with Gasteiger partial charge in [0.25, 0.3) is 11.8 Å². The Morgan fingerprint density at radius 2 is 1.70 bits per heavy atom. The fraction of sp³-hybridized carbons (Fsp3) is 0.133. The summed E-state index contributed by atoms with van der Waals surface area (Å²) in [6, 6.07) is 22.7. The molecule has 0 unspecified atom stereocenters. The molecule has 0 atom stereocenters. The number of anilines is 1. The highest BCUT2D eigenvalue weighted by atomic mass is 16.4. The van der Waals surface area contributed by atoms with E-state index in [4.69, 9.17) is 4.42 Å². The average molecular weight is 489 g/mol. The minimum atomic E-state index is -0.331. The number of amides is 2. The molecule has 0 saturated carbocycles. The van der Waals surface area contributed by atoms with E-state index in [0.717, 1.165) is 33.7 Å². The number of fused-ring (bicyclic) bond motifs is 3. The van der Waals surface area contributed by atoms with Gasteiger partial charge in [0, 0.05) is 34.7 Å². The first-order valence-corrected chi connectivity index (χ1v) is 12.2. The van der Waals surface area contributed by atoms with Crippen LogP contribution in [-0.2, 0) is 6.42 Å². The van der Waals surface area contributed by atoms with E-state index in [2.05, 4.69) is 20.8 Å². The summed E-state index contributed by atoms with van der Waals surface area (Å²) in [5.41, 5.74) is 6.98. The zero-order chi connectivity index (χ0) is 25.4. The van der Waals surface area contributed by atoms with E-state index in [-0.39, 0.29) is 17.6 Å². The molecular weight excluding hydrogens is 464 g/mol. The molecule has 0 aliphatic heterocycles. The Hall–Kier alpha value is -4.78. The highest BCUT2D eigenvalue weighted by Gasteiger charge is 2.28. The highest BCUT2D eigenvalue weighted by Crippen LogP contribution is 2.31. The quantitative estimate of drug-likeness (QED) is 0.303. The van der Waals surface area contributed by atoms with Crippen molar-refractivity contribution in [1.82, 2.24) is 10.4 Å². The van der Waals surface area contributed by atoms with Crippen LogP contribution in [-0.4, -0.2) is 22.5 Å². The van der Waals surface area contributed by atoms with Crippen molar-refractivity contribution in [2.45, 2.75) is 26.2 Å². The number of benzene rings is 3. The van der Waals surface area contributed by atoms with Crippen molar-refractivity contribution < 1.29 is 14.0 Å².